The van der Waals surface area contributed by atoms with Gasteiger partial charge in [-0.2, -0.15) is 9.57 Å². The van der Waals surface area contributed by atoms with Crippen LogP contribution in [0.25, 0.3) is 0 Å². The van der Waals surface area contributed by atoms with Crippen molar-refractivity contribution in [2.75, 3.05) is 19.3 Å². The second kappa shape index (κ2) is 9.80. The fourth-order valence-electron chi connectivity index (χ4n) is 2.22. The molecule has 0 aliphatic heterocycles. The summed E-state index contributed by atoms with van der Waals surface area (Å²) in [4.78, 5) is 4.53. The second-order valence-corrected chi connectivity index (χ2v) is 9.19. The Labute approximate surface area is 155 Å². The Kier molecular flexibility index (Phi) is 8.42. The van der Waals surface area contributed by atoms with Crippen molar-refractivity contribution < 1.29 is 8.42 Å². The van der Waals surface area contributed by atoms with Crippen molar-refractivity contribution in [1.29, 1.82) is 5.26 Å². The largest absolute Gasteiger partial charge is 0.271 e. The average molecular weight is 383 g/mol. The number of nitriles is 1. The summed E-state index contributed by atoms with van der Waals surface area (Å²) in [6.45, 7) is 9.01. The Morgan fingerprint density at radius 3 is 2.12 bits per heavy atom. The van der Waals surface area contributed by atoms with Gasteiger partial charge in [0.2, 0.25) is 10.0 Å². The molecule has 0 aromatic heterocycles. The molecule has 1 N–H and O–H groups in total. The van der Waals surface area contributed by atoms with E-state index in [1.54, 1.807) is 34.8 Å². The van der Waals surface area contributed by atoms with Crippen LogP contribution in [-0.4, -0.2) is 37.2 Å². The Morgan fingerprint density at radius 2 is 1.72 bits per heavy atom. The quantitative estimate of drug-likeness (QED) is 0.338. The molecule has 0 atom stereocenters. The maximum atomic E-state index is 12.9. The van der Waals surface area contributed by atoms with Gasteiger partial charge in [0, 0.05) is 13.1 Å². The lowest BCUT2D eigenvalue weighted by molar-refractivity contribution is 0.333. The van der Waals surface area contributed by atoms with E-state index < -0.39 is 10.0 Å². The molecule has 8 heteroatoms. The van der Waals surface area contributed by atoms with Crippen molar-refractivity contribution in [2.24, 2.45) is 16.8 Å². The molecule has 1 aromatic carbocycles. The molecule has 0 aliphatic rings. The van der Waals surface area contributed by atoms with E-state index >= 15 is 0 Å². The van der Waals surface area contributed by atoms with E-state index in [1.807, 2.05) is 33.9 Å². The molecule has 0 fully saturated rings. The number of thioether (sulfide) groups is 1. The van der Waals surface area contributed by atoms with Crippen LogP contribution in [0.4, 0.5) is 5.69 Å². The maximum Gasteiger partial charge on any atom is 0.243 e. The summed E-state index contributed by atoms with van der Waals surface area (Å²) in [5, 5.41) is 11.6. The van der Waals surface area contributed by atoms with Crippen LogP contribution in [0.3, 0.4) is 0 Å². The lowest BCUT2D eigenvalue weighted by atomic mass is 10.2. The van der Waals surface area contributed by atoms with E-state index in [-0.39, 0.29) is 16.7 Å². The first kappa shape index (κ1) is 21.5. The van der Waals surface area contributed by atoms with Crippen LogP contribution in [0, 0.1) is 23.3 Å². The minimum Gasteiger partial charge on any atom is -0.271 e. The summed E-state index contributed by atoms with van der Waals surface area (Å²) in [7, 11) is -3.54. The highest BCUT2D eigenvalue weighted by Gasteiger charge is 2.25. The molecule has 1 rings (SSSR count). The van der Waals surface area contributed by atoms with Crippen LogP contribution < -0.4 is 5.32 Å². The highest BCUT2D eigenvalue weighted by atomic mass is 32.2. The number of nitrogens with one attached hydrogen (secondary N) is 1. The summed E-state index contributed by atoms with van der Waals surface area (Å²) in [5.74, 6) is 0.497. The van der Waals surface area contributed by atoms with Gasteiger partial charge in [-0.3, -0.25) is 5.32 Å². The number of rotatable bonds is 7. The first-order valence-corrected chi connectivity index (χ1v) is 10.7. The van der Waals surface area contributed by atoms with Crippen molar-refractivity contribution in [1.82, 2.24) is 9.62 Å². The van der Waals surface area contributed by atoms with Crippen LogP contribution in [0.5, 0.6) is 0 Å². The van der Waals surface area contributed by atoms with Gasteiger partial charge in [-0.25, -0.2) is 13.4 Å². The summed E-state index contributed by atoms with van der Waals surface area (Å²) in [6, 6.07) is 6.41. The van der Waals surface area contributed by atoms with Gasteiger partial charge in [0.1, 0.15) is 0 Å². The number of hydrogen-bond donors (Lipinski definition) is 1. The highest BCUT2D eigenvalue weighted by molar-refractivity contribution is 8.13. The molecular formula is C17H26N4O2S2. The number of benzene rings is 1. The van der Waals surface area contributed by atoms with Gasteiger partial charge in [0.25, 0.3) is 0 Å². The summed E-state index contributed by atoms with van der Waals surface area (Å²) in [6.07, 6.45) is 3.62. The molecule has 0 aliphatic carbocycles. The Balaban J connectivity index is 3.11. The second-order valence-electron chi connectivity index (χ2n) is 6.46. The molecule has 0 amide bonds. The predicted molar refractivity (Wildman–Crippen MR) is 104 cm³/mol. The number of aliphatic imine (C=N–C) groups is 1. The SMILES string of the molecule is CSC(=Nc1ccc(S(=O)(=O)N(CC(C)C)CC(C)C)cc1)NC#N. The van der Waals surface area contributed by atoms with E-state index in [2.05, 4.69) is 10.3 Å². The third-order valence-corrected chi connectivity index (χ3v) is 5.62. The van der Waals surface area contributed by atoms with Crippen molar-refractivity contribution in [3.63, 3.8) is 0 Å². The first-order valence-electron chi connectivity index (χ1n) is 8.08. The van der Waals surface area contributed by atoms with Crippen LogP contribution in [-0.2, 0) is 10.0 Å². The number of amidine groups is 1. The molecule has 0 spiro atoms. The third kappa shape index (κ3) is 6.69. The summed E-state index contributed by atoms with van der Waals surface area (Å²) < 4.78 is 27.4. The van der Waals surface area contributed by atoms with Gasteiger partial charge in [0.05, 0.1) is 10.6 Å². The Hall–Kier alpha value is -1.56. The zero-order chi connectivity index (χ0) is 19.0. The highest BCUT2D eigenvalue weighted by Crippen LogP contribution is 2.22. The zero-order valence-corrected chi connectivity index (χ0v) is 17.0. The minimum absolute atomic E-state index is 0.249. The number of nitrogens with zero attached hydrogens (tertiary/aromatic N) is 3. The van der Waals surface area contributed by atoms with Gasteiger partial charge < -0.3 is 0 Å². The molecule has 0 saturated carbocycles. The molecule has 0 radical (unpaired) electrons. The maximum absolute atomic E-state index is 12.9. The van der Waals surface area contributed by atoms with E-state index in [4.69, 9.17) is 5.26 Å². The van der Waals surface area contributed by atoms with Crippen LogP contribution in [0.1, 0.15) is 27.7 Å². The first-order chi connectivity index (χ1) is 11.7. The van der Waals surface area contributed by atoms with Crippen molar-refractivity contribution >= 4 is 32.6 Å². The molecule has 1 aromatic rings. The zero-order valence-electron chi connectivity index (χ0n) is 15.4. The van der Waals surface area contributed by atoms with Crippen LogP contribution in [0.2, 0.25) is 0 Å². The predicted octanol–water partition coefficient (Wildman–Crippen LogP) is 3.41. The van der Waals surface area contributed by atoms with Crippen molar-refractivity contribution in [2.45, 2.75) is 32.6 Å². The fourth-order valence-corrected chi connectivity index (χ4v) is 4.33. The van der Waals surface area contributed by atoms with Crippen molar-refractivity contribution in [3.05, 3.63) is 24.3 Å². The molecule has 138 valence electrons. The van der Waals surface area contributed by atoms with Crippen molar-refractivity contribution in [3.8, 4) is 6.19 Å². The van der Waals surface area contributed by atoms with Gasteiger partial charge in [-0.05, 0) is 42.4 Å². The topological polar surface area (TPSA) is 85.6 Å². The Morgan fingerprint density at radius 1 is 1.20 bits per heavy atom. The molecule has 0 saturated heterocycles. The van der Waals surface area contributed by atoms with Crippen LogP contribution >= 0.6 is 11.8 Å². The fraction of sp³-hybridized carbons (Fsp3) is 0.529. The minimum atomic E-state index is -3.54. The third-order valence-electron chi connectivity index (χ3n) is 3.20. The summed E-state index contributed by atoms with van der Waals surface area (Å²) in [5.41, 5.74) is 0.588. The van der Waals surface area contributed by atoms with E-state index in [1.165, 1.54) is 11.8 Å². The van der Waals surface area contributed by atoms with Crippen LogP contribution in [0.15, 0.2) is 34.2 Å². The van der Waals surface area contributed by atoms with Gasteiger partial charge in [-0.1, -0.05) is 39.5 Å². The van der Waals surface area contributed by atoms with Gasteiger partial charge in [0.15, 0.2) is 11.4 Å². The molecular weight excluding hydrogens is 356 g/mol. The lowest BCUT2D eigenvalue weighted by Gasteiger charge is -2.25. The molecule has 25 heavy (non-hydrogen) atoms. The molecule has 0 heterocycles. The standard InChI is InChI=1S/C17H26N4O2S2/c1-13(2)10-21(11-14(3)4)25(22,23)16-8-6-15(7-9-16)20-17(24-5)19-12-18/h6-9,13-14H,10-11H2,1-5H3,(H,19,20). The smallest absolute Gasteiger partial charge is 0.243 e. The normalized spacial score (nSPS) is 12.7. The number of hydrogen-bond acceptors (Lipinski definition) is 5. The van der Waals surface area contributed by atoms with E-state index in [0.29, 0.717) is 23.9 Å². The Bertz CT molecular complexity index is 710. The molecule has 0 bridgehead atoms. The van der Waals surface area contributed by atoms with E-state index in [0.717, 1.165) is 0 Å². The average Bonchev–Trinajstić information content (AvgIpc) is 2.53. The molecule has 6 nitrogen and oxygen atoms in total. The molecule has 0 unspecified atom stereocenters. The monoisotopic (exact) mass is 382 g/mol. The van der Waals surface area contributed by atoms with Gasteiger partial charge in [-0.15, -0.1) is 0 Å². The van der Waals surface area contributed by atoms with Gasteiger partial charge >= 0.3 is 0 Å². The lowest BCUT2D eigenvalue weighted by Crippen LogP contribution is -2.36. The summed E-state index contributed by atoms with van der Waals surface area (Å²) >= 11 is 1.31. The van der Waals surface area contributed by atoms with E-state index in [9.17, 15) is 8.42 Å². The number of sulfonamides is 1.